The molecule has 0 unspecified atom stereocenters. The van der Waals surface area contributed by atoms with Crippen LogP contribution >= 0.6 is 15.9 Å². The molecule has 0 N–H and O–H groups in total. The van der Waals surface area contributed by atoms with Gasteiger partial charge in [0.1, 0.15) is 0 Å². The zero-order valence-electron chi connectivity index (χ0n) is 10.5. The van der Waals surface area contributed by atoms with Crippen LogP contribution in [0.2, 0.25) is 0 Å². The van der Waals surface area contributed by atoms with Gasteiger partial charge in [-0.15, -0.1) is 0 Å². The van der Waals surface area contributed by atoms with Gasteiger partial charge in [-0.1, -0.05) is 28.1 Å². The second-order valence-electron chi connectivity index (χ2n) is 4.37. The molecular weight excluding hydrogens is 333 g/mol. The van der Waals surface area contributed by atoms with Crippen LogP contribution in [0.5, 0.6) is 0 Å². The molecule has 1 nitrogen and oxygen atoms in total. The molecule has 0 spiro atoms. The van der Waals surface area contributed by atoms with Gasteiger partial charge in [0.15, 0.2) is 5.78 Å². The van der Waals surface area contributed by atoms with Crippen molar-refractivity contribution in [2.75, 3.05) is 0 Å². The summed E-state index contributed by atoms with van der Waals surface area (Å²) in [6.45, 7) is 1.84. The van der Waals surface area contributed by atoms with Gasteiger partial charge in [-0.2, -0.15) is 13.2 Å². The van der Waals surface area contributed by atoms with Crippen molar-refractivity contribution in [2.45, 2.75) is 13.1 Å². The lowest BCUT2D eigenvalue weighted by Crippen LogP contribution is -2.06. The molecule has 0 saturated heterocycles. The molecule has 0 aliphatic heterocycles. The fourth-order valence-corrected chi connectivity index (χ4v) is 2.01. The molecule has 0 aliphatic carbocycles. The van der Waals surface area contributed by atoms with Crippen LogP contribution in [-0.2, 0) is 6.18 Å². The SMILES string of the molecule is Cc1cc(C(=O)c2ccc(C(F)(F)F)cc2)ccc1Br. The summed E-state index contributed by atoms with van der Waals surface area (Å²) in [4.78, 5) is 12.2. The maximum Gasteiger partial charge on any atom is 0.416 e. The summed E-state index contributed by atoms with van der Waals surface area (Å²) in [5, 5.41) is 0. The number of benzene rings is 2. The quantitative estimate of drug-likeness (QED) is 0.701. The summed E-state index contributed by atoms with van der Waals surface area (Å²) in [5.74, 6) is -0.297. The Bertz CT molecular complexity index is 645. The van der Waals surface area contributed by atoms with Crippen LogP contribution in [0.4, 0.5) is 13.2 Å². The molecule has 0 aliphatic rings. The largest absolute Gasteiger partial charge is 0.416 e. The normalized spacial score (nSPS) is 11.4. The molecule has 0 amide bonds. The number of rotatable bonds is 2. The van der Waals surface area contributed by atoms with E-state index in [-0.39, 0.29) is 11.3 Å². The van der Waals surface area contributed by atoms with Crippen LogP contribution in [0.3, 0.4) is 0 Å². The lowest BCUT2D eigenvalue weighted by Gasteiger charge is -2.08. The number of alkyl halides is 3. The molecule has 20 heavy (non-hydrogen) atoms. The van der Waals surface area contributed by atoms with E-state index in [1.165, 1.54) is 12.1 Å². The van der Waals surface area contributed by atoms with E-state index < -0.39 is 11.7 Å². The van der Waals surface area contributed by atoms with Crippen LogP contribution in [0.25, 0.3) is 0 Å². The molecule has 5 heteroatoms. The molecule has 0 saturated carbocycles. The van der Waals surface area contributed by atoms with Crippen LogP contribution in [0, 0.1) is 6.92 Å². The Balaban J connectivity index is 2.31. The molecule has 0 fully saturated rings. The van der Waals surface area contributed by atoms with Gasteiger partial charge in [0, 0.05) is 15.6 Å². The summed E-state index contributed by atoms with van der Waals surface area (Å²) in [6.07, 6.45) is -4.39. The highest BCUT2D eigenvalue weighted by Gasteiger charge is 2.30. The second kappa shape index (κ2) is 5.40. The fraction of sp³-hybridized carbons (Fsp3) is 0.133. The monoisotopic (exact) mass is 342 g/mol. The maximum absolute atomic E-state index is 12.5. The van der Waals surface area contributed by atoms with Gasteiger partial charge < -0.3 is 0 Å². The highest BCUT2D eigenvalue weighted by molar-refractivity contribution is 9.10. The maximum atomic E-state index is 12.5. The molecule has 2 aromatic carbocycles. The van der Waals surface area contributed by atoms with E-state index in [0.717, 1.165) is 22.2 Å². The van der Waals surface area contributed by atoms with E-state index in [0.29, 0.717) is 5.56 Å². The van der Waals surface area contributed by atoms with Gasteiger partial charge in [-0.25, -0.2) is 0 Å². The molecular formula is C15H10BrF3O. The molecule has 0 atom stereocenters. The van der Waals surface area contributed by atoms with Gasteiger partial charge in [0.25, 0.3) is 0 Å². The van der Waals surface area contributed by atoms with Crippen molar-refractivity contribution in [1.29, 1.82) is 0 Å². The lowest BCUT2D eigenvalue weighted by atomic mass is 10.0. The minimum Gasteiger partial charge on any atom is -0.289 e. The van der Waals surface area contributed by atoms with Gasteiger partial charge >= 0.3 is 6.18 Å². The number of halogens is 4. The van der Waals surface area contributed by atoms with Crippen LogP contribution in [0.15, 0.2) is 46.9 Å². The van der Waals surface area contributed by atoms with Gasteiger partial charge in [0.05, 0.1) is 5.56 Å². The first kappa shape index (κ1) is 14.8. The number of carbonyl (C=O) groups is 1. The summed E-state index contributed by atoms with van der Waals surface area (Å²) in [7, 11) is 0. The number of aryl methyl sites for hydroxylation is 1. The molecule has 2 rings (SSSR count). The Kier molecular flexibility index (Phi) is 3.99. The van der Waals surface area contributed by atoms with Crippen molar-refractivity contribution in [3.05, 3.63) is 69.2 Å². The molecule has 0 aromatic heterocycles. The Hall–Kier alpha value is -1.62. The van der Waals surface area contributed by atoms with Crippen molar-refractivity contribution < 1.29 is 18.0 Å². The van der Waals surface area contributed by atoms with Gasteiger partial charge in [0.2, 0.25) is 0 Å². The average molecular weight is 343 g/mol. The topological polar surface area (TPSA) is 17.1 Å². The summed E-state index contributed by atoms with van der Waals surface area (Å²) in [6, 6.07) is 9.30. The van der Waals surface area contributed by atoms with Gasteiger partial charge in [-0.05, 0) is 42.8 Å². The lowest BCUT2D eigenvalue weighted by molar-refractivity contribution is -0.137. The Labute approximate surface area is 122 Å². The van der Waals surface area contributed by atoms with Crippen LogP contribution < -0.4 is 0 Å². The smallest absolute Gasteiger partial charge is 0.289 e. The minimum absolute atomic E-state index is 0.236. The van der Waals surface area contributed by atoms with E-state index in [1.807, 2.05) is 6.92 Å². The van der Waals surface area contributed by atoms with Crippen molar-refractivity contribution in [2.24, 2.45) is 0 Å². The third kappa shape index (κ3) is 3.10. The number of ketones is 1. The van der Waals surface area contributed by atoms with Gasteiger partial charge in [-0.3, -0.25) is 4.79 Å². The summed E-state index contributed by atoms with van der Waals surface area (Å²) < 4.78 is 38.2. The van der Waals surface area contributed by atoms with E-state index >= 15 is 0 Å². The number of hydrogen-bond acceptors (Lipinski definition) is 1. The number of hydrogen-bond donors (Lipinski definition) is 0. The molecule has 104 valence electrons. The van der Waals surface area contributed by atoms with Crippen LogP contribution in [0.1, 0.15) is 27.0 Å². The minimum atomic E-state index is -4.39. The highest BCUT2D eigenvalue weighted by atomic mass is 79.9. The van der Waals surface area contributed by atoms with E-state index in [1.54, 1.807) is 18.2 Å². The first-order valence-electron chi connectivity index (χ1n) is 5.77. The third-order valence-corrected chi connectivity index (χ3v) is 3.78. The zero-order valence-corrected chi connectivity index (χ0v) is 12.0. The van der Waals surface area contributed by atoms with Crippen molar-refractivity contribution >= 4 is 21.7 Å². The molecule has 0 radical (unpaired) electrons. The predicted octanol–water partition coefficient (Wildman–Crippen LogP) is 5.01. The first-order chi connectivity index (χ1) is 9.29. The fourth-order valence-electron chi connectivity index (χ4n) is 1.76. The Morgan fingerprint density at radius 3 is 2.05 bits per heavy atom. The van der Waals surface area contributed by atoms with Crippen molar-refractivity contribution in [3.63, 3.8) is 0 Å². The summed E-state index contributed by atoms with van der Waals surface area (Å²) in [5.41, 5.74) is 0.814. The summed E-state index contributed by atoms with van der Waals surface area (Å²) >= 11 is 3.33. The standard InChI is InChI=1S/C15H10BrF3O/c1-9-8-11(4-7-13(9)16)14(20)10-2-5-12(6-3-10)15(17,18)19/h2-8H,1H3. The Morgan fingerprint density at radius 2 is 1.55 bits per heavy atom. The van der Waals surface area contributed by atoms with E-state index in [9.17, 15) is 18.0 Å². The molecule has 0 bridgehead atoms. The zero-order chi connectivity index (χ0) is 14.9. The van der Waals surface area contributed by atoms with Crippen molar-refractivity contribution in [3.8, 4) is 0 Å². The average Bonchev–Trinajstić information content (AvgIpc) is 2.40. The molecule has 0 heterocycles. The number of carbonyl (C=O) groups excluding carboxylic acids is 1. The van der Waals surface area contributed by atoms with E-state index in [4.69, 9.17) is 0 Å². The first-order valence-corrected chi connectivity index (χ1v) is 6.56. The second-order valence-corrected chi connectivity index (χ2v) is 5.22. The Morgan fingerprint density at radius 1 is 1.00 bits per heavy atom. The predicted molar refractivity (Wildman–Crippen MR) is 73.8 cm³/mol. The van der Waals surface area contributed by atoms with Crippen molar-refractivity contribution in [1.82, 2.24) is 0 Å². The third-order valence-electron chi connectivity index (χ3n) is 2.89. The molecule has 2 aromatic rings. The van der Waals surface area contributed by atoms with Crippen LogP contribution in [-0.4, -0.2) is 5.78 Å². The van der Waals surface area contributed by atoms with E-state index in [2.05, 4.69) is 15.9 Å². The highest BCUT2D eigenvalue weighted by Crippen LogP contribution is 2.29.